The molecule has 0 radical (unpaired) electrons. The number of nitrogen functional groups attached to an aromatic ring is 1. The molecule has 0 unspecified atom stereocenters. The summed E-state index contributed by atoms with van der Waals surface area (Å²) in [7, 11) is 0. The van der Waals surface area contributed by atoms with Gasteiger partial charge in [-0.25, -0.2) is 10.8 Å². The van der Waals surface area contributed by atoms with Gasteiger partial charge in [0, 0.05) is 6.54 Å². The lowest BCUT2D eigenvalue weighted by Crippen LogP contribution is -2.14. The van der Waals surface area contributed by atoms with Crippen molar-refractivity contribution in [3.63, 3.8) is 0 Å². The topological polar surface area (TPSA) is 63.0 Å². The summed E-state index contributed by atoms with van der Waals surface area (Å²) in [4.78, 5) is 3.86. The van der Waals surface area contributed by atoms with Gasteiger partial charge in [-0.3, -0.25) is 0 Å². The maximum atomic E-state index is 12.5. The quantitative estimate of drug-likeness (QED) is 0.552. The van der Waals surface area contributed by atoms with Crippen molar-refractivity contribution in [2.24, 2.45) is 5.84 Å². The molecule has 16 heavy (non-hydrogen) atoms. The summed E-state index contributed by atoms with van der Waals surface area (Å²) < 4.78 is 37.4. The second-order valence-corrected chi connectivity index (χ2v) is 3.20. The zero-order chi connectivity index (χ0) is 12.2. The van der Waals surface area contributed by atoms with Gasteiger partial charge < -0.3 is 10.7 Å². The minimum absolute atomic E-state index is 0.0200. The first-order valence-corrected chi connectivity index (χ1v) is 4.77. The molecule has 1 rings (SSSR count). The van der Waals surface area contributed by atoms with Crippen molar-refractivity contribution in [3.05, 3.63) is 17.7 Å². The Morgan fingerprint density at radius 3 is 2.44 bits per heavy atom. The Balaban J connectivity index is 3.01. The Kier molecular flexibility index (Phi) is 3.94. The fraction of sp³-hybridized carbons (Fsp3) is 0.444. The van der Waals surface area contributed by atoms with Crippen LogP contribution in [0.4, 0.5) is 24.8 Å². The largest absolute Gasteiger partial charge is 0.416 e. The van der Waals surface area contributed by atoms with Crippen molar-refractivity contribution in [1.82, 2.24) is 4.98 Å². The number of nitrogens with one attached hydrogen (secondary N) is 2. The highest BCUT2D eigenvalue weighted by atomic mass is 19.4. The molecule has 0 amide bonds. The number of halogens is 3. The Bertz CT molecular complexity index is 351. The number of hydrogen-bond donors (Lipinski definition) is 3. The number of pyridine rings is 1. The van der Waals surface area contributed by atoms with Crippen LogP contribution in [-0.2, 0) is 6.18 Å². The monoisotopic (exact) mass is 234 g/mol. The van der Waals surface area contributed by atoms with Crippen molar-refractivity contribution >= 4 is 11.6 Å². The first-order valence-electron chi connectivity index (χ1n) is 4.77. The van der Waals surface area contributed by atoms with Crippen LogP contribution in [0.3, 0.4) is 0 Å². The molecular formula is C9H13F3N4. The average molecular weight is 234 g/mol. The van der Waals surface area contributed by atoms with E-state index in [4.69, 9.17) is 5.84 Å². The van der Waals surface area contributed by atoms with Crippen LogP contribution in [-0.4, -0.2) is 11.5 Å². The number of anilines is 2. The van der Waals surface area contributed by atoms with Gasteiger partial charge in [0.05, 0.1) is 5.56 Å². The van der Waals surface area contributed by atoms with Gasteiger partial charge in [0.2, 0.25) is 0 Å². The van der Waals surface area contributed by atoms with E-state index in [1.807, 2.05) is 6.92 Å². The fourth-order valence-electron chi connectivity index (χ4n) is 1.11. The molecule has 7 heteroatoms. The van der Waals surface area contributed by atoms with Gasteiger partial charge in [0.15, 0.2) is 0 Å². The van der Waals surface area contributed by atoms with Crippen LogP contribution >= 0.6 is 0 Å². The van der Waals surface area contributed by atoms with E-state index in [0.717, 1.165) is 18.6 Å². The van der Waals surface area contributed by atoms with Crippen LogP contribution in [0, 0.1) is 0 Å². The lowest BCUT2D eigenvalue weighted by Gasteiger charge is -2.11. The molecule has 0 saturated carbocycles. The van der Waals surface area contributed by atoms with E-state index < -0.39 is 11.7 Å². The molecule has 0 bridgehead atoms. The van der Waals surface area contributed by atoms with Crippen molar-refractivity contribution < 1.29 is 13.2 Å². The minimum atomic E-state index is -4.41. The predicted molar refractivity (Wildman–Crippen MR) is 55.8 cm³/mol. The highest BCUT2D eigenvalue weighted by Crippen LogP contribution is 2.31. The zero-order valence-electron chi connectivity index (χ0n) is 8.73. The predicted octanol–water partition coefficient (Wildman–Crippen LogP) is 2.21. The molecular weight excluding hydrogens is 221 g/mol. The molecule has 0 atom stereocenters. The number of hydrogen-bond acceptors (Lipinski definition) is 4. The molecule has 90 valence electrons. The summed E-state index contributed by atoms with van der Waals surface area (Å²) in [5, 5.41) is 2.77. The maximum absolute atomic E-state index is 12.5. The van der Waals surface area contributed by atoms with Crippen molar-refractivity contribution in [2.45, 2.75) is 19.5 Å². The Labute approximate surface area is 91.0 Å². The minimum Gasteiger partial charge on any atom is -0.370 e. The van der Waals surface area contributed by atoms with Gasteiger partial charge in [-0.2, -0.15) is 13.2 Å². The molecule has 0 aliphatic heterocycles. The summed E-state index contributed by atoms with van der Waals surface area (Å²) in [6, 6.07) is 1.81. The number of aromatic nitrogens is 1. The Morgan fingerprint density at radius 2 is 1.94 bits per heavy atom. The van der Waals surface area contributed by atoms with Crippen molar-refractivity contribution in [1.29, 1.82) is 0 Å². The third kappa shape index (κ3) is 3.27. The van der Waals surface area contributed by atoms with Crippen LogP contribution in [0.2, 0.25) is 0 Å². The molecule has 0 aliphatic carbocycles. The van der Waals surface area contributed by atoms with Gasteiger partial charge in [-0.1, -0.05) is 6.92 Å². The van der Waals surface area contributed by atoms with E-state index in [2.05, 4.69) is 15.7 Å². The molecule has 0 saturated heterocycles. The number of hydrazine groups is 1. The lowest BCUT2D eigenvalue weighted by molar-refractivity contribution is -0.137. The molecule has 0 fully saturated rings. The normalized spacial score (nSPS) is 11.3. The van der Waals surface area contributed by atoms with Crippen LogP contribution < -0.4 is 16.6 Å². The highest BCUT2D eigenvalue weighted by molar-refractivity contribution is 5.49. The van der Waals surface area contributed by atoms with E-state index in [0.29, 0.717) is 6.54 Å². The average Bonchev–Trinajstić information content (AvgIpc) is 2.24. The second-order valence-electron chi connectivity index (χ2n) is 3.20. The smallest absolute Gasteiger partial charge is 0.370 e. The van der Waals surface area contributed by atoms with E-state index in [1.165, 1.54) is 0 Å². The summed E-state index contributed by atoms with van der Waals surface area (Å²) in [6.45, 7) is 2.46. The molecule has 4 nitrogen and oxygen atoms in total. The highest BCUT2D eigenvalue weighted by Gasteiger charge is 2.31. The van der Waals surface area contributed by atoms with Gasteiger partial charge in [-0.15, -0.1) is 0 Å². The second kappa shape index (κ2) is 5.02. The fourth-order valence-corrected chi connectivity index (χ4v) is 1.11. The van der Waals surface area contributed by atoms with Gasteiger partial charge >= 0.3 is 6.18 Å². The van der Waals surface area contributed by atoms with Gasteiger partial charge in [-0.05, 0) is 18.6 Å². The number of nitrogens with two attached hydrogens (primary N) is 1. The summed E-state index contributed by atoms with van der Waals surface area (Å²) in [5.41, 5.74) is 1.32. The third-order valence-corrected chi connectivity index (χ3v) is 1.86. The van der Waals surface area contributed by atoms with E-state index in [-0.39, 0.29) is 11.6 Å². The van der Waals surface area contributed by atoms with E-state index in [1.54, 1.807) is 0 Å². The zero-order valence-corrected chi connectivity index (χ0v) is 8.73. The molecule has 1 heterocycles. The van der Waals surface area contributed by atoms with Gasteiger partial charge in [0.1, 0.15) is 11.6 Å². The molecule has 1 aromatic rings. The van der Waals surface area contributed by atoms with Gasteiger partial charge in [0.25, 0.3) is 0 Å². The molecule has 0 aromatic carbocycles. The Hall–Kier alpha value is -1.50. The van der Waals surface area contributed by atoms with Crippen LogP contribution in [0.25, 0.3) is 0 Å². The number of alkyl halides is 3. The van der Waals surface area contributed by atoms with Crippen molar-refractivity contribution in [2.75, 3.05) is 17.3 Å². The molecule has 0 spiro atoms. The number of nitrogens with zero attached hydrogens (tertiary/aromatic N) is 1. The lowest BCUT2D eigenvalue weighted by atomic mass is 10.2. The molecule has 0 aliphatic rings. The first-order chi connectivity index (χ1) is 7.47. The van der Waals surface area contributed by atoms with Crippen LogP contribution in [0.1, 0.15) is 18.9 Å². The van der Waals surface area contributed by atoms with E-state index >= 15 is 0 Å². The summed E-state index contributed by atoms with van der Waals surface area (Å²) in [5.74, 6) is 5.19. The molecule has 4 N–H and O–H groups in total. The molecule has 1 aromatic heterocycles. The summed E-state index contributed by atoms with van der Waals surface area (Å²) >= 11 is 0. The standard InChI is InChI=1S/C9H13F3N4/c1-2-3-14-7-4-6(9(10,11)12)5-8(15-7)16-13/h4-5H,2-3,13H2,1H3,(H2,14,15,16). The first kappa shape index (κ1) is 12.6. The van der Waals surface area contributed by atoms with Crippen molar-refractivity contribution in [3.8, 4) is 0 Å². The van der Waals surface area contributed by atoms with E-state index in [9.17, 15) is 13.2 Å². The van der Waals surface area contributed by atoms with Crippen LogP contribution in [0.15, 0.2) is 12.1 Å². The number of rotatable bonds is 4. The Morgan fingerprint density at radius 1 is 1.31 bits per heavy atom. The maximum Gasteiger partial charge on any atom is 0.416 e. The van der Waals surface area contributed by atoms with Crippen LogP contribution in [0.5, 0.6) is 0 Å². The third-order valence-electron chi connectivity index (χ3n) is 1.86. The summed E-state index contributed by atoms with van der Waals surface area (Å²) in [6.07, 6.45) is -3.61. The SMILES string of the molecule is CCCNc1cc(C(F)(F)F)cc(NN)n1.